The molecule has 2 aromatic carbocycles. The SMILES string of the molecule is [B]c1cnc(Cc2cccc(C#N)c2)c2ccccc12. The Bertz CT molecular complexity index is 819. The van der Waals surface area contributed by atoms with Crippen molar-refractivity contribution in [2.45, 2.75) is 6.42 Å². The summed E-state index contributed by atoms with van der Waals surface area (Å²) in [5.41, 5.74) is 3.41. The van der Waals surface area contributed by atoms with Crippen molar-refractivity contribution in [1.29, 1.82) is 5.26 Å². The van der Waals surface area contributed by atoms with E-state index in [-0.39, 0.29) is 0 Å². The normalized spacial score (nSPS) is 10.3. The number of hydrogen-bond donors (Lipinski definition) is 0. The van der Waals surface area contributed by atoms with Crippen LogP contribution in [0.1, 0.15) is 16.8 Å². The van der Waals surface area contributed by atoms with Crippen LogP contribution in [-0.2, 0) is 6.42 Å². The molecule has 92 valence electrons. The molecule has 2 nitrogen and oxygen atoms in total. The largest absolute Gasteiger partial charge is 0.261 e. The molecule has 0 aliphatic rings. The minimum Gasteiger partial charge on any atom is -0.261 e. The molecule has 20 heavy (non-hydrogen) atoms. The van der Waals surface area contributed by atoms with Gasteiger partial charge in [0.05, 0.1) is 17.3 Å². The van der Waals surface area contributed by atoms with Gasteiger partial charge in [-0.05, 0) is 23.1 Å². The zero-order valence-electron chi connectivity index (χ0n) is 10.9. The average molecular weight is 254 g/mol. The number of hydrogen-bond acceptors (Lipinski definition) is 2. The molecule has 0 spiro atoms. The highest BCUT2D eigenvalue weighted by Gasteiger charge is 2.06. The Hall–Kier alpha value is -2.60. The Kier molecular flexibility index (Phi) is 3.22. The Morgan fingerprint density at radius 2 is 1.85 bits per heavy atom. The van der Waals surface area contributed by atoms with Crippen LogP contribution in [0.4, 0.5) is 0 Å². The van der Waals surface area contributed by atoms with Crippen molar-refractivity contribution < 1.29 is 0 Å². The summed E-state index contributed by atoms with van der Waals surface area (Å²) >= 11 is 0. The van der Waals surface area contributed by atoms with Gasteiger partial charge in [-0.2, -0.15) is 5.26 Å². The maximum Gasteiger partial charge on any atom is 0.116 e. The second-order valence-electron chi connectivity index (χ2n) is 4.69. The molecule has 3 heteroatoms. The van der Waals surface area contributed by atoms with Crippen LogP contribution in [0.3, 0.4) is 0 Å². The molecule has 0 bridgehead atoms. The smallest absolute Gasteiger partial charge is 0.116 e. The van der Waals surface area contributed by atoms with Gasteiger partial charge < -0.3 is 0 Å². The molecule has 0 unspecified atom stereocenters. The molecule has 1 aromatic heterocycles. The zero-order valence-corrected chi connectivity index (χ0v) is 10.9. The van der Waals surface area contributed by atoms with Crippen molar-refractivity contribution in [3.05, 3.63) is 71.5 Å². The third-order valence-corrected chi connectivity index (χ3v) is 3.34. The second kappa shape index (κ2) is 5.18. The minimum absolute atomic E-state index is 0.669. The van der Waals surface area contributed by atoms with Crippen LogP contribution in [0.15, 0.2) is 54.7 Å². The van der Waals surface area contributed by atoms with E-state index in [1.54, 1.807) is 12.3 Å². The number of benzene rings is 2. The summed E-state index contributed by atoms with van der Waals surface area (Å²) in [5, 5.41) is 11.0. The number of pyridine rings is 1. The van der Waals surface area contributed by atoms with Gasteiger partial charge in [0.2, 0.25) is 0 Å². The lowest BCUT2D eigenvalue weighted by atomic mass is 9.90. The van der Waals surface area contributed by atoms with Crippen LogP contribution < -0.4 is 5.46 Å². The van der Waals surface area contributed by atoms with Crippen molar-refractivity contribution >= 4 is 24.1 Å². The molecule has 0 saturated heterocycles. The van der Waals surface area contributed by atoms with Crippen LogP contribution in [0, 0.1) is 11.3 Å². The van der Waals surface area contributed by atoms with Gasteiger partial charge >= 0.3 is 0 Å². The van der Waals surface area contributed by atoms with Crippen molar-refractivity contribution in [3.8, 4) is 6.07 Å². The van der Waals surface area contributed by atoms with E-state index in [2.05, 4.69) is 11.1 Å². The Balaban J connectivity index is 2.07. The average Bonchev–Trinajstić information content (AvgIpc) is 2.51. The van der Waals surface area contributed by atoms with E-state index in [0.717, 1.165) is 22.0 Å². The van der Waals surface area contributed by atoms with Crippen LogP contribution in [0.25, 0.3) is 10.8 Å². The third kappa shape index (κ3) is 2.28. The number of nitriles is 1. The van der Waals surface area contributed by atoms with E-state index in [9.17, 15) is 0 Å². The summed E-state index contributed by atoms with van der Waals surface area (Å²) in [6.07, 6.45) is 2.39. The van der Waals surface area contributed by atoms with E-state index in [4.69, 9.17) is 13.1 Å². The maximum absolute atomic E-state index is 8.95. The van der Waals surface area contributed by atoms with Gasteiger partial charge in [-0.1, -0.05) is 41.9 Å². The van der Waals surface area contributed by atoms with Crippen LogP contribution in [0.2, 0.25) is 0 Å². The minimum atomic E-state index is 0.669. The van der Waals surface area contributed by atoms with E-state index in [1.807, 2.05) is 42.5 Å². The van der Waals surface area contributed by atoms with E-state index in [1.165, 1.54) is 0 Å². The van der Waals surface area contributed by atoms with Crippen molar-refractivity contribution in [2.75, 3.05) is 0 Å². The highest BCUT2D eigenvalue weighted by atomic mass is 14.7. The highest BCUT2D eigenvalue weighted by Crippen LogP contribution is 2.18. The second-order valence-corrected chi connectivity index (χ2v) is 4.69. The molecular formula is C17H11BN2. The van der Waals surface area contributed by atoms with Crippen LogP contribution in [-0.4, -0.2) is 12.8 Å². The number of rotatable bonds is 2. The summed E-state index contributed by atoms with van der Waals surface area (Å²) in [7, 11) is 5.96. The standard InChI is InChI=1S/C17H11BN2/c18-16-11-20-17(15-7-2-1-6-14(15)16)9-12-4-3-5-13(8-12)10-19/h1-8,11H,9H2. The molecule has 1 heterocycles. The molecule has 3 aromatic rings. The van der Waals surface area contributed by atoms with Gasteiger partial charge in [0, 0.05) is 18.0 Å². The molecule has 0 fully saturated rings. The molecule has 0 aliphatic heterocycles. The molecule has 0 saturated carbocycles. The Labute approximate surface area is 119 Å². The monoisotopic (exact) mass is 254 g/mol. The van der Waals surface area contributed by atoms with Gasteiger partial charge in [-0.15, -0.1) is 0 Å². The van der Waals surface area contributed by atoms with Crippen LogP contribution in [0.5, 0.6) is 0 Å². The van der Waals surface area contributed by atoms with E-state index >= 15 is 0 Å². The first-order valence-electron chi connectivity index (χ1n) is 6.39. The fraction of sp³-hybridized carbons (Fsp3) is 0.0588. The van der Waals surface area contributed by atoms with Crippen molar-refractivity contribution in [1.82, 2.24) is 4.98 Å². The van der Waals surface area contributed by atoms with Gasteiger partial charge in [0.15, 0.2) is 0 Å². The summed E-state index contributed by atoms with van der Waals surface area (Å²) in [5.74, 6) is 0. The number of aromatic nitrogens is 1. The first-order valence-corrected chi connectivity index (χ1v) is 6.39. The molecule has 0 aliphatic carbocycles. The number of fused-ring (bicyclic) bond motifs is 1. The van der Waals surface area contributed by atoms with Gasteiger partial charge in [0.25, 0.3) is 0 Å². The topological polar surface area (TPSA) is 36.7 Å². The Morgan fingerprint density at radius 3 is 2.65 bits per heavy atom. The van der Waals surface area contributed by atoms with Crippen LogP contribution >= 0.6 is 0 Å². The summed E-state index contributed by atoms with van der Waals surface area (Å²) in [4.78, 5) is 4.45. The predicted octanol–water partition coefficient (Wildman–Crippen LogP) is 2.49. The van der Waals surface area contributed by atoms with Gasteiger partial charge in [-0.3, -0.25) is 4.98 Å². The molecular weight excluding hydrogens is 243 g/mol. The molecule has 2 radical (unpaired) electrons. The predicted molar refractivity (Wildman–Crippen MR) is 81.1 cm³/mol. The summed E-state index contributed by atoms with van der Waals surface area (Å²) < 4.78 is 0. The van der Waals surface area contributed by atoms with Gasteiger partial charge in [-0.25, -0.2) is 0 Å². The lowest BCUT2D eigenvalue weighted by molar-refractivity contribution is 1.10. The maximum atomic E-state index is 8.95. The lowest BCUT2D eigenvalue weighted by Gasteiger charge is -2.08. The zero-order chi connectivity index (χ0) is 13.9. The summed E-state index contributed by atoms with van der Waals surface area (Å²) in [6.45, 7) is 0. The van der Waals surface area contributed by atoms with E-state index < -0.39 is 0 Å². The molecule has 0 amide bonds. The summed E-state index contributed by atoms with van der Waals surface area (Å²) in [6, 6.07) is 17.7. The molecule has 3 rings (SSSR count). The fourth-order valence-corrected chi connectivity index (χ4v) is 2.36. The Morgan fingerprint density at radius 1 is 1.05 bits per heavy atom. The van der Waals surface area contributed by atoms with Gasteiger partial charge in [0.1, 0.15) is 7.85 Å². The third-order valence-electron chi connectivity index (χ3n) is 3.34. The molecule has 0 atom stereocenters. The number of nitrogens with zero attached hydrogens (tertiary/aromatic N) is 2. The fourth-order valence-electron chi connectivity index (χ4n) is 2.36. The van der Waals surface area contributed by atoms with Crippen molar-refractivity contribution in [2.24, 2.45) is 0 Å². The lowest BCUT2D eigenvalue weighted by Crippen LogP contribution is -2.08. The first kappa shape index (κ1) is 12.4. The van der Waals surface area contributed by atoms with Crippen molar-refractivity contribution in [3.63, 3.8) is 0 Å². The van der Waals surface area contributed by atoms with E-state index in [0.29, 0.717) is 17.4 Å². The first-order chi connectivity index (χ1) is 9.78. The quantitative estimate of drug-likeness (QED) is 0.659. The highest BCUT2D eigenvalue weighted by molar-refractivity contribution is 6.38. The molecule has 0 N–H and O–H groups in total.